The summed E-state index contributed by atoms with van der Waals surface area (Å²) in [5, 5.41) is 11.0. The number of hydrogen-bond acceptors (Lipinski definition) is 5. The van der Waals surface area contributed by atoms with Crippen LogP contribution in [-0.4, -0.2) is 39.5 Å². The standard InChI is InChI=1S/C21H21N3O5/c1-14(17-4-3-5-18(12-17)24(28)29)22(2)21(27)16-8-6-15(7-9-16)13-23-19(25)10-11-20(23)26/h3-9,12,14H,10-11,13H2,1-2H3/t14-/m0/s1. The molecule has 1 aliphatic rings. The van der Waals surface area contributed by atoms with Crippen LogP contribution in [-0.2, 0) is 16.1 Å². The van der Waals surface area contributed by atoms with E-state index in [0.29, 0.717) is 11.1 Å². The predicted octanol–water partition coefficient (Wildman–Crippen LogP) is 3.08. The lowest BCUT2D eigenvalue weighted by atomic mass is 10.0. The minimum absolute atomic E-state index is 0.0226. The molecule has 150 valence electrons. The van der Waals surface area contributed by atoms with Crippen LogP contribution in [0.2, 0.25) is 0 Å². The van der Waals surface area contributed by atoms with Crippen molar-refractivity contribution in [2.75, 3.05) is 7.05 Å². The maximum absolute atomic E-state index is 12.8. The van der Waals surface area contributed by atoms with Gasteiger partial charge in [-0.05, 0) is 30.2 Å². The molecule has 0 radical (unpaired) electrons. The Labute approximate surface area is 167 Å². The number of carbonyl (C=O) groups excluding carboxylic acids is 3. The van der Waals surface area contributed by atoms with Gasteiger partial charge < -0.3 is 4.90 Å². The molecule has 1 fully saturated rings. The van der Waals surface area contributed by atoms with E-state index in [-0.39, 0.29) is 48.8 Å². The molecule has 1 heterocycles. The fraction of sp³-hybridized carbons (Fsp3) is 0.286. The van der Waals surface area contributed by atoms with Crippen molar-refractivity contribution in [2.45, 2.75) is 32.4 Å². The summed E-state index contributed by atoms with van der Waals surface area (Å²) in [6, 6.07) is 12.6. The Morgan fingerprint density at radius 3 is 2.34 bits per heavy atom. The number of amides is 3. The summed E-state index contributed by atoms with van der Waals surface area (Å²) in [4.78, 5) is 49.5. The predicted molar refractivity (Wildman–Crippen MR) is 105 cm³/mol. The molecule has 8 nitrogen and oxygen atoms in total. The van der Waals surface area contributed by atoms with Gasteiger partial charge in [0.15, 0.2) is 0 Å². The smallest absolute Gasteiger partial charge is 0.269 e. The summed E-state index contributed by atoms with van der Waals surface area (Å²) in [5.74, 6) is -0.592. The van der Waals surface area contributed by atoms with Crippen LogP contribution in [0.25, 0.3) is 0 Å². The molecule has 0 saturated carbocycles. The lowest BCUT2D eigenvalue weighted by molar-refractivity contribution is -0.384. The second-order valence-electron chi connectivity index (χ2n) is 7.01. The first kappa shape index (κ1) is 20.2. The van der Waals surface area contributed by atoms with Gasteiger partial charge in [-0.15, -0.1) is 0 Å². The molecule has 0 aromatic heterocycles. The summed E-state index contributed by atoms with van der Waals surface area (Å²) < 4.78 is 0. The quantitative estimate of drug-likeness (QED) is 0.425. The van der Waals surface area contributed by atoms with Crippen molar-refractivity contribution in [3.8, 4) is 0 Å². The molecule has 29 heavy (non-hydrogen) atoms. The summed E-state index contributed by atoms with van der Waals surface area (Å²) in [6.07, 6.45) is 0.492. The van der Waals surface area contributed by atoms with Gasteiger partial charge in [0.2, 0.25) is 11.8 Å². The second-order valence-corrected chi connectivity index (χ2v) is 7.01. The molecule has 2 aromatic rings. The van der Waals surface area contributed by atoms with Crippen LogP contribution in [0.4, 0.5) is 5.69 Å². The average molecular weight is 395 g/mol. The van der Waals surface area contributed by atoms with E-state index in [1.54, 1.807) is 50.4 Å². The summed E-state index contributed by atoms with van der Waals surface area (Å²) in [6.45, 7) is 2.00. The van der Waals surface area contributed by atoms with Crippen LogP contribution in [0.1, 0.15) is 47.3 Å². The molecule has 3 amide bonds. The molecule has 1 aliphatic heterocycles. The highest BCUT2D eigenvalue weighted by Gasteiger charge is 2.28. The van der Waals surface area contributed by atoms with Gasteiger partial charge in [0.1, 0.15) is 0 Å². The Hall–Kier alpha value is -3.55. The van der Waals surface area contributed by atoms with Crippen LogP contribution in [0.15, 0.2) is 48.5 Å². The highest BCUT2D eigenvalue weighted by molar-refractivity contribution is 6.01. The van der Waals surface area contributed by atoms with E-state index in [1.807, 2.05) is 0 Å². The molecule has 1 saturated heterocycles. The Balaban J connectivity index is 1.71. The number of nitro benzene ring substituents is 1. The van der Waals surface area contributed by atoms with E-state index in [1.165, 1.54) is 21.9 Å². The topological polar surface area (TPSA) is 101 Å². The molecule has 0 bridgehead atoms. The maximum Gasteiger partial charge on any atom is 0.269 e. The molecule has 1 atom stereocenters. The van der Waals surface area contributed by atoms with Gasteiger partial charge >= 0.3 is 0 Å². The van der Waals surface area contributed by atoms with E-state index < -0.39 is 4.92 Å². The number of likely N-dealkylation sites (tertiary alicyclic amines) is 1. The molecule has 8 heteroatoms. The number of carbonyl (C=O) groups is 3. The minimum Gasteiger partial charge on any atom is -0.335 e. The monoisotopic (exact) mass is 395 g/mol. The largest absolute Gasteiger partial charge is 0.335 e. The van der Waals surface area contributed by atoms with Crippen molar-refractivity contribution in [1.82, 2.24) is 9.80 Å². The van der Waals surface area contributed by atoms with E-state index in [0.717, 1.165) is 5.56 Å². The minimum atomic E-state index is -0.466. The third-order valence-corrected chi connectivity index (χ3v) is 5.16. The van der Waals surface area contributed by atoms with E-state index in [4.69, 9.17) is 0 Å². The Bertz CT molecular complexity index is 955. The lowest BCUT2D eigenvalue weighted by Gasteiger charge is -2.25. The number of hydrogen-bond donors (Lipinski definition) is 0. The zero-order valence-corrected chi connectivity index (χ0v) is 16.2. The highest BCUT2D eigenvalue weighted by Crippen LogP contribution is 2.24. The third kappa shape index (κ3) is 4.31. The van der Waals surface area contributed by atoms with Gasteiger partial charge in [-0.3, -0.25) is 29.4 Å². The first-order valence-electron chi connectivity index (χ1n) is 9.21. The zero-order valence-electron chi connectivity index (χ0n) is 16.2. The van der Waals surface area contributed by atoms with Crippen molar-refractivity contribution >= 4 is 23.4 Å². The Kier molecular flexibility index (Phi) is 5.72. The number of rotatable bonds is 6. The van der Waals surface area contributed by atoms with E-state index in [2.05, 4.69) is 0 Å². The van der Waals surface area contributed by atoms with E-state index in [9.17, 15) is 24.5 Å². The van der Waals surface area contributed by atoms with Crippen LogP contribution in [0.3, 0.4) is 0 Å². The van der Waals surface area contributed by atoms with Gasteiger partial charge in [-0.25, -0.2) is 0 Å². The maximum atomic E-state index is 12.8. The normalized spacial score (nSPS) is 14.8. The molecule has 0 unspecified atom stereocenters. The summed E-state index contributed by atoms with van der Waals surface area (Å²) >= 11 is 0. The first-order valence-corrected chi connectivity index (χ1v) is 9.21. The Morgan fingerprint density at radius 1 is 1.14 bits per heavy atom. The van der Waals surface area contributed by atoms with Crippen molar-refractivity contribution in [3.05, 3.63) is 75.3 Å². The average Bonchev–Trinajstić information content (AvgIpc) is 3.04. The molecular formula is C21H21N3O5. The third-order valence-electron chi connectivity index (χ3n) is 5.16. The number of non-ortho nitro benzene ring substituents is 1. The first-order chi connectivity index (χ1) is 13.8. The van der Waals surface area contributed by atoms with Crippen molar-refractivity contribution in [1.29, 1.82) is 0 Å². The van der Waals surface area contributed by atoms with E-state index >= 15 is 0 Å². The number of imide groups is 1. The van der Waals surface area contributed by atoms with Crippen LogP contribution in [0, 0.1) is 10.1 Å². The number of benzene rings is 2. The van der Waals surface area contributed by atoms with Gasteiger partial charge in [0.05, 0.1) is 17.5 Å². The van der Waals surface area contributed by atoms with Crippen LogP contribution in [0.5, 0.6) is 0 Å². The van der Waals surface area contributed by atoms with Crippen LogP contribution >= 0.6 is 0 Å². The van der Waals surface area contributed by atoms with Crippen molar-refractivity contribution < 1.29 is 19.3 Å². The zero-order chi connectivity index (χ0) is 21.1. The molecule has 0 aliphatic carbocycles. The molecule has 0 spiro atoms. The molecule has 0 N–H and O–H groups in total. The summed E-state index contributed by atoms with van der Waals surface area (Å²) in [7, 11) is 1.64. The lowest BCUT2D eigenvalue weighted by Crippen LogP contribution is -2.30. The fourth-order valence-electron chi connectivity index (χ4n) is 3.24. The molecule has 3 rings (SSSR count). The fourth-order valence-corrected chi connectivity index (χ4v) is 3.24. The van der Waals surface area contributed by atoms with Gasteiger partial charge in [0, 0.05) is 37.6 Å². The number of nitrogens with zero attached hydrogens (tertiary/aromatic N) is 3. The molecule has 2 aromatic carbocycles. The van der Waals surface area contributed by atoms with Gasteiger partial charge in [-0.2, -0.15) is 0 Å². The molecular weight excluding hydrogens is 374 g/mol. The summed E-state index contributed by atoms with van der Waals surface area (Å²) in [5.41, 5.74) is 1.86. The van der Waals surface area contributed by atoms with Crippen molar-refractivity contribution in [3.63, 3.8) is 0 Å². The highest BCUT2D eigenvalue weighted by atomic mass is 16.6. The van der Waals surface area contributed by atoms with Crippen LogP contribution < -0.4 is 0 Å². The number of nitro groups is 1. The SMILES string of the molecule is C[C@@H](c1cccc([N+](=O)[O-])c1)N(C)C(=O)c1ccc(CN2C(=O)CCC2=O)cc1. The van der Waals surface area contributed by atoms with Gasteiger partial charge in [-0.1, -0.05) is 24.3 Å². The van der Waals surface area contributed by atoms with Gasteiger partial charge in [0.25, 0.3) is 11.6 Å². The Morgan fingerprint density at radius 2 is 1.76 bits per heavy atom. The second kappa shape index (κ2) is 8.22. The van der Waals surface area contributed by atoms with Crippen molar-refractivity contribution in [2.24, 2.45) is 0 Å².